The van der Waals surface area contributed by atoms with Crippen LogP contribution in [0.25, 0.3) is 0 Å². The van der Waals surface area contributed by atoms with E-state index in [1.165, 1.54) is 23.5 Å². The maximum Gasteiger partial charge on any atom is 0.263 e. The molecule has 0 saturated carbocycles. The number of thiazole rings is 1. The van der Waals surface area contributed by atoms with E-state index in [1.807, 2.05) is 25.1 Å². The third kappa shape index (κ3) is 4.70. The van der Waals surface area contributed by atoms with Crippen LogP contribution < -0.4 is 5.32 Å². The average Bonchev–Trinajstić information content (AvgIpc) is 3.01. The van der Waals surface area contributed by atoms with E-state index in [9.17, 15) is 9.18 Å². The molecule has 1 amide bonds. The van der Waals surface area contributed by atoms with Gasteiger partial charge >= 0.3 is 0 Å². The molecule has 6 heteroatoms. The van der Waals surface area contributed by atoms with Gasteiger partial charge in [0.1, 0.15) is 10.7 Å². The molecule has 0 aliphatic carbocycles. The van der Waals surface area contributed by atoms with E-state index in [0.717, 1.165) is 34.8 Å². The number of aryl methyl sites for hydroxylation is 3. The Morgan fingerprint density at radius 3 is 2.68 bits per heavy atom. The lowest BCUT2D eigenvalue weighted by Crippen LogP contribution is -2.22. The largest absolute Gasteiger partial charge is 0.347 e. The number of nitrogens with one attached hydrogen (secondary N) is 1. The van der Waals surface area contributed by atoms with E-state index in [-0.39, 0.29) is 11.7 Å². The van der Waals surface area contributed by atoms with Crippen molar-refractivity contribution in [1.29, 1.82) is 0 Å². The highest BCUT2D eigenvalue weighted by Crippen LogP contribution is 2.19. The second-order valence-electron chi connectivity index (χ2n) is 5.65. The van der Waals surface area contributed by atoms with E-state index >= 15 is 0 Å². The normalized spacial score (nSPS) is 10.6. The number of hydrogen-bond donors (Lipinski definition) is 1. The van der Waals surface area contributed by atoms with Gasteiger partial charge in [-0.3, -0.25) is 9.78 Å². The summed E-state index contributed by atoms with van der Waals surface area (Å²) >= 11 is 1.41. The minimum atomic E-state index is -0.286. The van der Waals surface area contributed by atoms with Gasteiger partial charge in [0.25, 0.3) is 5.91 Å². The van der Waals surface area contributed by atoms with Gasteiger partial charge in [-0.2, -0.15) is 0 Å². The summed E-state index contributed by atoms with van der Waals surface area (Å²) in [5.74, 6) is -0.436. The third-order valence-corrected chi connectivity index (χ3v) is 4.95. The fraction of sp³-hybridized carbons (Fsp3) is 0.211. The van der Waals surface area contributed by atoms with Gasteiger partial charge in [-0.05, 0) is 43.2 Å². The molecule has 1 N–H and O–H groups in total. The number of carbonyl (C=O) groups excluding carboxylic acids is 1. The van der Waals surface area contributed by atoms with Crippen molar-refractivity contribution >= 4 is 17.2 Å². The van der Waals surface area contributed by atoms with Crippen LogP contribution in [0.4, 0.5) is 4.39 Å². The van der Waals surface area contributed by atoms with Crippen LogP contribution in [-0.4, -0.2) is 15.9 Å². The Labute approximate surface area is 149 Å². The summed E-state index contributed by atoms with van der Waals surface area (Å²) in [6.07, 6.45) is 3.33. The summed E-state index contributed by atoms with van der Waals surface area (Å²) in [4.78, 5) is 21.8. The van der Waals surface area contributed by atoms with E-state index in [2.05, 4.69) is 15.3 Å². The molecule has 0 saturated heterocycles. The van der Waals surface area contributed by atoms with E-state index in [1.54, 1.807) is 18.3 Å². The molecule has 25 heavy (non-hydrogen) atoms. The van der Waals surface area contributed by atoms with Crippen LogP contribution >= 0.6 is 11.3 Å². The van der Waals surface area contributed by atoms with Crippen molar-refractivity contribution in [3.63, 3.8) is 0 Å². The maximum atomic E-state index is 12.9. The number of hydrogen-bond acceptors (Lipinski definition) is 4. The van der Waals surface area contributed by atoms with Gasteiger partial charge in [0, 0.05) is 24.9 Å². The summed E-state index contributed by atoms with van der Waals surface area (Å²) in [6, 6.07) is 11.9. The van der Waals surface area contributed by atoms with Gasteiger partial charge < -0.3 is 5.32 Å². The molecule has 0 unspecified atom stereocenters. The molecule has 3 aromatic rings. The predicted octanol–water partition coefficient (Wildman–Crippen LogP) is 3.70. The summed E-state index contributed by atoms with van der Waals surface area (Å²) in [5.41, 5.74) is 2.60. The molecule has 0 aliphatic rings. The first kappa shape index (κ1) is 17.2. The number of amides is 1. The van der Waals surface area contributed by atoms with Crippen molar-refractivity contribution in [2.24, 2.45) is 0 Å². The van der Waals surface area contributed by atoms with Crippen LogP contribution in [0, 0.1) is 12.7 Å². The first-order valence-electron chi connectivity index (χ1n) is 8.00. The van der Waals surface area contributed by atoms with E-state index in [4.69, 9.17) is 0 Å². The quantitative estimate of drug-likeness (QED) is 0.733. The zero-order valence-electron chi connectivity index (χ0n) is 13.8. The van der Waals surface area contributed by atoms with Crippen molar-refractivity contribution in [3.05, 3.63) is 81.3 Å². The van der Waals surface area contributed by atoms with Crippen molar-refractivity contribution < 1.29 is 9.18 Å². The number of halogens is 1. The fourth-order valence-corrected chi connectivity index (χ4v) is 3.40. The van der Waals surface area contributed by atoms with Gasteiger partial charge in [0.15, 0.2) is 0 Å². The molecule has 0 spiro atoms. The summed E-state index contributed by atoms with van der Waals surface area (Å²) < 4.78 is 12.9. The number of pyridine rings is 1. The van der Waals surface area contributed by atoms with Crippen molar-refractivity contribution in [3.8, 4) is 0 Å². The monoisotopic (exact) mass is 355 g/mol. The lowest BCUT2D eigenvalue weighted by molar-refractivity contribution is 0.0954. The highest BCUT2D eigenvalue weighted by atomic mass is 32.1. The Morgan fingerprint density at radius 1 is 1.16 bits per heavy atom. The molecular formula is C19H18FN3OS. The van der Waals surface area contributed by atoms with Crippen LogP contribution in [-0.2, 0) is 19.4 Å². The van der Waals surface area contributed by atoms with Gasteiger partial charge in [-0.25, -0.2) is 9.37 Å². The van der Waals surface area contributed by atoms with Crippen LogP contribution in [0.15, 0.2) is 48.7 Å². The Kier molecular flexibility index (Phi) is 5.50. The Bertz CT molecular complexity index is 847. The van der Waals surface area contributed by atoms with Crippen molar-refractivity contribution in [2.45, 2.75) is 26.3 Å². The van der Waals surface area contributed by atoms with Crippen LogP contribution in [0.2, 0.25) is 0 Å². The fourth-order valence-electron chi connectivity index (χ4n) is 2.42. The Morgan fingerprint density at radius 2 is 1.96 bits per heavy atom. The van der Waals surface area contributed by atoms with E-state index < -0.39 is 0 Å². The van der Waals surface area contributed by atoms with Crippen molar-refractivity contribution in [1.82, 2.24) is 15.3 Å². The van der Waals surface area contributed by atoms with Crippen LogP contribution in [0.5, 0.6) is 0 Å². The second kappa shape index (κ2) is 7.98. The zero-order chi connectivity index (χ0) is 17.6. The number of nitrogens with zero attached hydrogens (tertiary/aromatic N) is 2. The highest BCUT2D eigenvalue weighted by Gasteiger charge is 2.15. The molecule has 0 radical (unpaired) electrons. The molecule has 2 aromatic heterocycles. The van der Waals surface area contributed by atoms with E-state index in [0.29, 0.717) is 11.4 Å². The molecule has 0 bridgehead atoms. The third-order valence-electron chi connectivity index (χ3n) is 3.73. The molecule has 0 atom stereocenters. The molecule has 128 valence electrons. The van der Waals surface area contributed by atoms with Gasteiger partial charge in [-0.1, -0.05) is 18.2 Å². The predicted molar refractivity (Wildman–Crippen MR) is 96.1 cm³/mol. The standard InChI is InChI=1S/C19H18FN3OS/c1-13-18(19(24)22-12-14-5-7-15(20)8-6-14)25-17(23-13)10-9-16-4-2-3-11-21-16/h2-8,11H,9-10,12H2,1H3,(H,22,24). The first-order valence-corrected chi connectivity index (χ1v) is 8.82. The molecule has 4 nitrogen and oxygen atoms in total. The van der Waals surface area contributed by atoms with Gasteiger partial charge in [0.05, 0.1) is 10.7 Å². The SMILES string of the molecule is Cc1nc(CCc2ccccn2)sc1C(=O)NCc1ccc(F)cc1. The lowest BCUT2D eigenvalue weighted by atomic mass is 10.2. The zero-order valence-corrected chi connectivity index (χ0v) is 14.6. The molecule has 0 fully saturated rings. The summed E-state index contributed by atoms with van der Waals surface area (Å²) in [6.45, 7) is 2.20. The summed E-state index contributed by atoms with van der Waals surface area (Å²) in [5, 5.41) is 3.79. The Balaban J connectivity index is 1.59. The smallest absolute Gasteiger partial charge is 0.263 e. The molecule has 1 aromatic carbocycles. The second-order valence-corrected chi connectivity index (χ2v) is 6.74. The molecule has 0 aliphatic heterocycles. The Hall–Kier alpha value is -2.60. The van der Waals surface area contributed by atoms with Gasteiger partial charge in [-0.15, -0.1) is 11.3 Å². The minimum Gasteiger partial charge on any atom is -0.347 e. The molecule has 2 heterocycles. The highest BCUT2D eigenvalue weighted by molar-refractivity contribution is 7.13. The number of benzene rings is 1. The average molecular weight is 355 g/mol. The minimum absolute atomic E-state index is 0.150. The van der Waals surface area contributed by atoms with Crippen LogP contribution in [0.1, 0.15) is 31.6 Å². The van der Waals surface area contributed by atoms with Crippen molar-refractivity contribution in [2.75, 3.05) is 0 Å². The maximum absolute atomic E-state index is 12.9. The number of rotatable bonds is 6. The molecular weight excluding hydrogens is 337 g/mol. The number of carbonyl (C=O) groups is 1. The number of aromatic nitrogens is 2. The lowest BCUT2D eigenvalue weighted by Gasteiger charge is -2.04. The van der Waals surface area contributed by atoms with Gasteiger partial charge in [0.2, 0.25) is 0 Å². The molecule has 3 rings (SSSR count). The summed E-state index contributed by atoms with van der Waals surface area (Å²) in [7, 11) is 0. The topological polar surface area (TPSA) is 54.9 Å². The van der Waals surface area contributed by atoms with Crippen LogP contribution in [0.3, 0.4) is 0 Å². The first-order chi connectivity index (χ1) is 12.1.